The molecule has 1 fully saturated rings. The highest BCUT2D eigenvalue weighted by atomic mass is 19.4. The van der Waals surface area contributed by atoms with E-state index >= 15 is 0 Å². The number of halogens is 3. The van der Waals surface area contributed by atoms with Crippen LogP contribution >= 0.6 is 0 Å². The normalized spacial score (nSPS) is 20.1. The highest BCUT2D eigenvalue weighted by Crippen LogP contribution is 2.36. The summed E-state index contributed by atoms with van der Waals surface area (Å²) in [7, 11) is 0. The molecule has 0 spiro atoms. The van der Waals surface area contributed by atoms with Crippen LogP contribution in [0.4, 0.5) is 13.2 Å². The molecule has 5 heteroatoms. The van der Waals surface area contributed by atoms with Gasteiger partial charge in [0.25, 0.3) is 0 Å². The third-order valence-electron chi connectivity index (χ3n) is 4.11. The zero-order valence-corrected chi connectivity index (χ0v) is 11.7. The molecule has 1 heterocycles. The molecule has 1 aliphatic heterocycles. The van der Waals surface area contributed by atoms with E-state index in [0.717, 1.165) is 32.0 Å². The molecule has 2 nitrogen and oxygen atoms in total. The van der Waals surface area contributed by atoms with Gasteiger partial charge in [0.1, 0.15) is 0 Å². The van der Waals surface area contributed by atoms with E-state index in [1.54, 1.807) is 12.1 Å². The summed E-state index contributed by atoms with van der Waals surface area (Å²) in [5, 5.41) is 0. The van der Waals surface area contributed by atoms with Gasteiger partial charge in [-0.05, 0) is 43.5 Å². The summed E-state index contributed by atoms with van der Waals surface area (Å²) >= 11 is 0. The molecule has 1 aliphatic rings. The second-order valence-corrected chi connectivity index (χ2v) is 5.56. The van der Waals surface area contributed by atoms with Crippen molar-refractivity contribution in [2.75, 3.05) is 19.6 Å². The lowest BCUT2D eigenvalue weighted by Crippen LogP contribution is -2.40. The van der Waals surface area contributed by atoms with Crippen molar-refractivity contribution in [2.24, 2.45) is 11.7 Å². The first-order valence-electron chi connectivity index (χ1n) is 7.03. The first-order valence-corrected chi connectivity index (χ1v) is 7.03. The average Bonchev–Trinajstić information content (AvgIpc) is 2.41. The number of likely N-dealkylation sites (tertiary alicyclic amines) is 1. The van der Waals surface area contributed by atoms with E-state index in [9.17, 15) is 13.2 Å². The molecular weight excluding hydrogens is 265 g/mol. The number of rotatable bonds is 3. The summed E-state index contributed by atoms with van der Waals surface area (Å²) in [6.07, 6.45) is -2.29. The second-order valence-electron chi connectivity index (χ2n) is 5.56. The maximum absolute atomic E-state index is 13.1. The van der Waals surface area contributed by atoms with Gasteiger partial charge in [-0.2, -0.15) is 13.2 Å². The number of hydrogen-bond acceptors (Lipinski definition) is 2. The van der Waals surface area contributed by atoms with Gasteiger partial charge in [0.2, 0.25) is 0 Å². The van der Waals surface area contributed by atoms with Gasteiger partial charge < -0.3 is 5.73 Å². The number of benzene rings is 1. The summed E-state index contributed by atoms with van der Waals surface area (Å²) in [4.78, 5) is 2.09. The summed E-state index contributed by atoms with van der Waals surface area (Å²) in [6.45, 7) is 4.02. The van der Waals surface area contributed by atoms with Crippen LogP contribution in [-0.2, 0) is 6.18 Å². The average molecular weight is 286 g/mol. The Morgan fingerprint density at radius 3 is 2.40 bits per heavy atom. The number of piperidine rings is 1. The summed E-state index contributed by atoms with van der Waals surface area (Å²) in [6, 6.07) is 5.43. The van der Waals surface area contributed by atoms with Gasteiger partial charge in [-0.1, -0.05) is 25.1 Å². The zero-order valence-electron chi connectivity index (χ0n) is 11.7. The molecule has 0 aliphatic carbocycles. The van der Waals surface area contributed by atoms with Crippen molar-refractivity contribution < 1.29 is 13.2 Å². The minimum Gasteiger partial charge on any atom is -0.329 e. The van der Waals surface area contributed by atoms with Crippen molar-refractivity contribution in [3.05, 3.63) is 35.4 Å². The van der Waals surface area contributed by atoms with E-state index in [-0.39, 0.29) is 12.6 Å². The van der Waals surface area contributed by atoms with E-state index in [0.29, 0.717) is 11.5 Å². The molecule has 1 unspecified atom stereocenters. The smallest absolute Gasteiger partial charge is 0.329 e. The fourth-order valence-electron chi connectivity index (χ4n) is 2.86. The summed E-state index contributed by atoms with van der Waals surface area (Å²) in [5.74, 6) is 0.641. The van der Waals surface area contributed by atoms with Crippen LogP contribution in [0, 0.1) is 5.92 Å². The van der Waals surface area contributed by atoms with Crippen LogP contribution < -0.4 is 5.73 Å². The molecule has 0 bridgehead atoms. The summed E-state index contributed by atoms with van der Waals surface area (Å²) in [5.41, 5.74) is 5.52. The highest BCUT2D eigenvalue weighted by Gasteiger charge is 2.36. The van der Waals surface area contributed by atoms with Gasteiger partial charge >= 0.3 is 6.18 Å². The van der Waals surface area contributed by atoms with Crippen LogP contribution in [0.15, 0.2) is 24.3 Å². The van der Waals surface area contributed by atoms with Gasteiger partial charge in [0, 0.05) is 12.6 Å². The van der Waals surface area contributed by atoms with Crippen LogP contribution in [0.2, 0.25) is 0 Å². The molecular formula is C15H21F3N2. The summed E-state index contributed by atoms with van der Waals surface area (Å²) < 4.78 is 39.3. The number of nitrogens with two attached hydrogens (primary N) is 1. The van der Waals surface area contributed by atoms with E-state index < -0.39 is 11.7 Å². The van der Waals surface area contributed by atoms with Crippen molar-refractivity contribution in [3.8, 4) is 0 Å². The molecule has 0 radical (unpaired) electrons. The Hall–Kier alpha value is -1.07. The van der Waals surface area contributed by atoms with Gasteiger partial charge in [0.15, 0.2) is 0 Å². The van der Waals surface area contributed by atoms with Crippen molar-refractivity contribution >= 4 is 0 Å². The molecule has 0 aromatic heterocycles. The van der Waals surface area contributed by atoms with Crippen LogP contribution in [0.3, 0.4) is 0 Å². The molecule has 112 valence electrons. The molecule has 2 rings (SSSR count). The van der Waals surface area contributed by atoms with Crippen LogP contribution in [-0.4, -0.2) is 24.5 Å². The largest absolute Gasteiger partial charge is 0.416 e. The first-order chi connectivity index (χ1) is 9.43. The van der Waals surface area contributed by atoms with Gasteiger partial charge in [0.05, 0.1) is 5.56 Å². The molecule has 1 saturated heterocycles. The van der Waals surface area contributed by atoms with Crippen LogP contribution in [0.1, 0.15) is 36.9 Å². The van der Waals surface area contributed by atoms with Crippen LogP contribution in [0.25, 0.3) is 0 Å². The number of nitrogens with zero attached hydrogens (tertiary/aromatic N) is 1. The van der Waals surface area contributed by atoms with E-state index in [4.69, 9.17) is 5.73 Å². The Labute approximate surface area is 117 Å². The fraction of sp³-hybridized carbons (Fsp3) is 0.600. The first kappa shape index (κ1) is 15.3. The monoisotopic (exact) mass is 286 g/mol. The molecule has 0 amide bonds. The van der Waals surface area contributed by atoms with E-state index in [1.165, 1.54) is 6.07 Å². The maximum Gasteiger partial charge on any atom is 0.416 e. The van der Waals surface area contributed by atoms with Crippen molar-refractivity contribution in [2.45, 2.75) is 32.0 Å². The Morgan fingerprint density at radius 2 is 1.85 bits per heavy atom. The minimum atomic E-state index is -4.33. The number of alkyl halides is 3. The van der Waals surface area contributed by atoms with Gasteiger partial charge in [-0.25, -0.2) is 0 Å². The molecule has 1 atom stereocenters. The molecule has 1 aromatic rings. The molecule has 20 heavy (non-hydrogen) atoms. The predicted molar refractivity (Wildman–Crippen MR) is 73.2 cm³/mol. The third-order valence-corrected chi connectivity index (χ3v) is 4.11. The molecule has 2 N–H and O–H groups in total. The second kappa shape index (κ2) is 6.14. The topological polar surface area (TPSA) is 29.3 Å². The third kappa shape index (κ3) is 3.33. The van der Waals surface area contributed by atoms with Crippen molar-refractivity contribution in [1.29, 1.82) is 0 Å². The lowest BCUT2D eigenvalue weighted by atomic mass is 9.93. The zero-order chi connectivity index (χ0) is 14.8. The Morgan fingerprint density at radius 1 is 1.25 bits per heavy atom. The van der Waals surface area contributed by atoms with Gasteiger partial charge in [-0.15, -0.1) is 0 Å². The van der Waals surface area contributed by atoms with Crippen molar-refractivity contribution in [3.63, 3.8) is 0 Å². The Kier molecular flexibility index (Phi) is 4.70. The lowest BCUT2D eigenvalue weighted by Gasteiger charge is -2.37. The standard InChI is InChI=1S/C15H21F3N2/c1-11-6-8-20(9-7-11)14(10-19)12-4-2-3-5-13(12)15(16,17)18/h2-5,11,14H,6-10,19H2,1H3. The predicted octanol–water partition coefficient (Wildman–Crippen LogP) is 3.44. The quantitative estimate of drug-likeness (QED) is 0.922. The van der Waals surface area contributed by atoms with Crippen LogP contribution in [0.5, 0.6) is 0 Å². The Bertz CT molecular complexity index is 437. The highest BCUT2D eigenvalue weighted by molar-refractivity contribution is 5.32. The fourth-order valence-corrected chi connectivity index (χ4v) is 2.86. The molecule has 1 aromatic carbocycles. The van der Waals surface area contributed by atoms with Gasteiger partial charge in [-0.3, -0.25) is 4.90 Å². The van der Waals surface area contributed by atoms with E-state index in [2.05, 4.69) is 11.8 Å². The number of hydrogen-bond donors (Lipinski definition) is 1. The minimum absolute atomic E-state index is 0.210. The molecule has 0 saturated carbocycles. The van der Waals surface area contributed by atoms with Crippen molar-refractivity contribution in [1.82, 2.24) is 4.90 Å². The maximum atomic E-state index is 13.1. The van der Waals surface area contributed by atoms with E-state index in [1.807, 2.05) is 0 Å². The lowest BCUT2D eigenvalue weighted by molar-refractivity contribution is -0.138. The SMILES string of the molecule is CC1CCN(C(CN)c2ccccc2C(F)(F)F)CC1. The Balaban J connectivity index is 2.28.